The molecule has 126 valence electrons. The molecule has 0 fully saturated rings. The molecule has 0 radical (unpaired) electrons. The highest BCUT2D eigenvalue weighted by Crippen LogP contribution is 2.41. The molecule has 1 aromatic heterocycles. The summed E-state index contributed by atoms with van der Waals surface area (Å²) in [7, 11) is 1.65. The Hall–Kier alpha value is -2.14. The van der Waals surface area contributed by atoms with Gasteiger partial charge in [0.05, 0.1) is 13.0 Å². The number of thiophene rings is 1. The first-order valence-corrected chi connectivity index (χ1v) is 9.00. The Morgan fingerprint density at radius 2 is 2.12 bits per heavy atom. The van der Waals surface area contributed by atoms with Crippen LogP contribution in [0.15, 0.2) is 40.7 Å². The van der Waals surface area contributed by atoms with Gasteiger partial charge in [-0.3, -0.25) is 9.79 Å². The zero-order valence-corrected chi connectivity index (χ0v) is 15.0. The quantitative estimate of drug-likeness (QED) is 0.893. The second kappa shape index (κ2) is 6.40. The predicted molar refractivity (Wildman–Crippen MR) is 98.7 cm³/mol. The number of aliphatic imine (C=N–C) groups is 1. The maximum atomic E-state index is 12.9. The number of hydrogen-bond donors (Lipinski definition) is 1. The van der Waals surface area contributed by atoms with Gasteiger partial charge in [-0.05, 0) is 48.1 Å². The molecule has 2 aromatic rings. The molecular weight excluding hydrogens is 320 g/mol. The van der Waals surface area contributed by atoms with E-state index in [9.17, 15) is 4.79 Å². The van der Waals surface area contributed by atoms with E-state index in [2.05, 4.69) is 17.3 Å². The van der Waals surface area contributed by atoms with Gasteiger partial charge in [-0.1, -0.05) is 25.5 Å². The normalized spacial score (nSPS) is 23.4. The Morgan fingerprint density at radius 1 is 1.33 bits per heavy atom. The molecule has 1 aliphatic heterocycles. The van der Waals surface area contributed by atoms with Crippen LogP contribution in [0.5, 0.6) is 5.75 Å². The molecule has 2 N–H and O–H groups in total. The Morgan fingerprint density at radius 3 is 2.83 bits per heavy atom. The van der Waals surface area contributed by atoms with Crippen LogP contribution >= 0.6 is 11.3 Å². The number of amidine groups is 1. The summed E-state index contributed by atoms with van der Waals surface area (Å²) in [5.74, 6) is 1.15. The smallest absolute Gasteiger partial charge is 0.176 e. The Balaban J connectivity index is 1.94. The third-order valence-electron chi connectivity index (χ3n) is 4.57. The number of nitrogens with two attached hydrogens (primary N) is 1. The molecule has 0 saturated heterocycles. The Labute approximate surface area is 146 Å². The van der Waals surface area contributed by atoms with Crippen LogP contribution in [0, 0.1) is 5.92 Å². The lowest BCUT2D eigenvalue weighted by molar-refractivity contribution is -0.124. The monoisotopic (exact) mass is 342 g/mol. The highest BCUT2D eigenvalue weighted by molar-refractivity contribution is 7.10. The van der Waals surface area contributed by atoms with Crippen molar-refractivity contribution in [2.24, 2.45) is 16.6 Å². The van der Waals surface area contributed by atoms with Crippen molar-refractivity contribution in [3.63, 3.8) is 0 Å². The van der Waals surface area contributed by atoms with Crippen LogP contribution in [-0.4, -0.2) is 18.7 Å². The highest BCUT2D eigenvalue weighted by Gasteiger charge is 2.46. The SMILES string of the molecule is CCCC1C(=O)C(C)(c2cc(-c3cccc(OC)c3)cs2)N=C1N. The first kappa shape index (κ1) is 16.7. The van der Waals surface area contributed by atoms with Crippen LogP contribution in [0.2, 0.25) is 0 Å². The molecule has 3 rings (SSSR count). The van der Waals surface area contributed by atoms with Gasteiger partial charge in [-0.2, -0.15) is 0 Å². The van der Waals surface area contributed by atoms with E-state index in [0.717, 1.165) is 34.6 Å². The zero-order valence-electron chi connectivity index (χ0n) is 14.2. The van der Waals surface area contributed by atoms with Crippen molar-refractivity contribution >= 4 is 23.0 Å². The number of benzene rings is 1. The van der Waals surface area contributed by atoms with Crippen LogP contribution in [0.1, 0.15) is 31.6 Å². The van der Waals surface area contributed by atoms with Crippen molar-refractivity contribution in [3.8, 4) is 16.9 Å². The molecule has 0 spiro atoms. The van der Waals surface area contributed by atoms with Gasteiger partial charge >= 0.3 is 0 Å². The van der Waals surface area contributed by atoms with Crippen molar-refractivity contribution in [2.75, 3.05) is 7.11 Å². The molecule has 24 heavy (non-hydrogen) atoms. The maximum Gasteiger partial charge on any atom is 0.176 e. The first-order chi connectivity index (χ1) is 11.5. The molecule has 5 heteroatoms. The van der Waals surface area contributed by atoms with Gasteiger partial charge in [0.25, 0.3) is 0 Å². The van der Waals surface area contributed by atoms with E-state index < -0.39 is 5.54 Å². The third-order valence-corrected chi connectivity index (χ3v) is 5.71. The number of ether oxygens (including phenoxy) is 1. The summed E-state index contributed by atoms with van der Waals surface area (Å²) in [5.41, 5.74) is 7.31. The molecule has 1 aromatic carbocycles. The largest absolute Gasteiger partial charge is 0.497 e. The maximum absolute atomic E-state index is 12.9. The van der Waals surface area contributed by atoms with E-state index in [4.69, 9.17) is 10.5 Å². The Kier molecular flexibility index (Phi) is 4.45. The minimum absolute atomic E-state index is 0.112. The summed E-state index contributed by atoms with van der Waals surface area (Å²) in [5, 5.41) is 2.06. The predicted octanol–water partition coefficient (Wildman–Crippen LogP) is 4.00. The number of rotatable bonds is 5. The van der Waals surface area contributed by atoms with E-state index >= 15 is 0 Å². The summed E-state index contributed by atoms with van der Waals surface area (Å²) >= 11 is 1.56. The van der Waals surface area contributed by atoms with Gasteiger partial charge < -0.3 is 10.5 Å². The summed E-state index contributed by atoms with van der Waals surface area (Å²) in [4.78, 5) is 18.3. The van der Waals surface area contributed by atoms with Crippen molar-refractivity contribution in [1.82, 2.24) is 0 Å². The molecule has 2 heterocycles. The van der Waals surface area contributed by atoms with Crippen LogP contribution in [0.4, 0.5) is 0 Å². The fourth-order valence-electron chi connectivity index (χ4n) is 3.15. The van der Waals surface area contributed by atoms with Crippen LogP contribution < -0.4 is 10.5 Å². The van der Waals surface area contributed by atoms with Crippen LogP contribution in [0.3, 0.4) is 0 Å². The molecule has 2 atom stereocenters. The zero-order chi connectivity index (χ0) is 17.3. The number of ketones is 1. The van der Waals surface area contributed by atoms with E-state index in [1.165, 1.54) is 0 Å². The van der Waals surface area contributed by atoms with Crippen molar-refractivity contribution in [3.05, 3.63) is 40.6 Å². The summed E-state index contributed by atoms with van der Waals surface area (Å²) in [6, 6.07) is 9.94. The van der Waals surface area contributed by atoms with Crippen molar-refractivity contribution < 1.29 is 9.53 Å². The minimum atomic E-state index is -0.855. The Bertz CT molecular complexity index is 796. The number of carbonyl (C=O) groups is 1. The molecule has 0 bridgehead atoms. The molecule has 0 saturated carbocycles. The molecule has 0 aliphatic carbocycles. The van der Waals surface area contributed by atoms with E-state index in [0.29, 0.717) is 5.84 Å². The third kappa shape index (κ3) is 2.73. The molecular formula is C19H22N2O2S. The number of Topliss-reactive ketones (excluding diaryl/α,β-unsaturated/α-hetero) is 1. The van der Waals surface area contributed by atoms with Gasteiger partial charge in [0, 0.05) is 4.88 Å². The number of hydrogen-bond acceptors (Lipinski definition) is 5. The van der Waals surface area contributed by atoms with E-state index in [1.807, 2.05) is 37.3 Å². The van der Waals surface area contributed by atoms with Gasteiger partial charge in [-0.15, -0.1) is 11.3 Å². The van der Waals surface area contributed by atoms with Gasteiger partial charge in [0.15, 0.2) is 11.3 Å². The number of carbonyl (C=O) groups excluding carboxylic acids is 1. The van der Waals surface area contributed by atoms with Gasteiger partial charge in [0.1, 0.15) is 11.6 Å². The molecule has 1 aliphatic rings. The fraction of sp³-hybridized carbons (Fsp3) is 0.368. The van der Waals surface area contributed by atoms with Crippen LogP contribution in [-0.2, 0) is 10.3 Å². The molecule has 0 amide bonds. The van der Waals surface area contributed by atoms with Gasteiger partial charge in [-0.25, -0.2) is 0 Å². The van der Waals surface area contributed by atoms with E-state index in [-0.39, 0.29) is 11.7 Å². The van der Waals surface area contributed by atoms with Crippen molar-refractivity contribution in [2.45, 2.75) is 32.2 Å². The standard InChI is InChI=1S/C19H22N2O2S/c1-4-6-15-17(22)19(2,21-18(15)20)16-10-13(11-24-16)12-7-5-8-14(9-12)23-3/h5,7-11,15H,4,6H2,1-3H3,(H2,20,21). The average Bonchev–Trinajstić information content (AvgIpc) is 3.16. The lowest BCUT2D eigenvalue weighted by Gasteiger charge is -2.18. The average molecular weight is 342 g/mol. The fourth-order valence-corrected chi connectivity index (χ4v) is 4.18. The number of methoxy groups -OCH3 is 1. The van der Waals surface area contributed by atoms with Crippen molar-refractivity contribution in [1.29, 1.82) is 0 Å². The minimum Gasteiger partial charge on any atom is -0.497 e. The second-order valence-electron chi connectivity index (χ2n) is 6.25. The summed E-state index contributed by atoms with van der Waals surface area (Å²) < 4.78 is 5.29. The second-order valence-corrected chi connectivity index (χ2v) is 7.16. The highest BCUT2D eigenvalue weighted by atomic mass is 32.1. The summed E-state index contributed by atoms with van der Waals surface area (Å²) in [6.45, 7) is 3.93. The molecule has 2 unspecified atom stereocenters. The molecule has 4 nitrogen and oxygen atoms in total. The lowest BCUT2D eigenvalue weighted by atomic mass is 9.87. The summed E-state index contributed by atoms with van der Waals surface area (Å²) in [6.07, 6.45) is 1.68. The van der Waals surface area contributed by atoms with E-state index in [1.54, 1.807) is 18.4 Å². The van der Waals surface area contributed by atoms with Crippen LogP contribution in [0.25, 0.3) is 11.1 Å². The number of nitrogens with zero attached hydrogens (tertiary/aromatic N) is 1. The topological polar surface area (TPSA) is 64.7 Å². The van der Waals surface area contributed by atoms with Gasteiger partial charge in [0.2, 0.25) is 0 Å². The first-order valence-electron chi connectivity index (χ1n) is 8.12. The lowest BCUT2D eigenvalue weighted by Crippen LogP contribution is -2.31.